The Balaban J connectivity index is 0.000000771. The molecule has 0 spiro atoms. The lowest BCUT2D eigenvalue weighted by Crippen LogP contribution is -1.99. The van der Waals surface area contributed by atoms with Gasteiger partial charge < -0.3 is 4.42 Å². The maximum atomic E-state index is 11.3. The molecule has 0 saturated carbocycles. The third kappa shape index (κ3) is 3.50. The van der Waals surface area contributed by atoms with E-state index in [4.69, 9.17) is 4.42 Å². The van der Waals surface area contributed by atoms with Crippen LogP contribution in [-0.2, 0) is 0 Å². The van der Waals surface area contributed by atoms with Crippen LogP contribution in [-0.4, -0.2) is 6.26 Å². The first-order valence-corrected chi connectivity index (χ1v) is 7.66. The van der Waals surface area contributed by atoms with Crippen molar-refractivity contribution in [3.8, 4) is 11.1 Å². The van der Waals surface area contributed by atoms with Gasteiger partial charge >= 0.3 is 5.63 Å². The highest BCUT2D eigenvalue weighted by Crippen LogP contribution is 2.27. The summed E-state index contributed by atoms with van der Waals surface area (Å²) in [5.41, 5.74) is 1.49. The monoisotopic (exact) mass is 326 g/mol. The maximum Gasteiger partial charge on any atom is 0.350 e. The van der Waals surface area contributed by atoms with Gasteiger partial charge in [0.2, 0.25) is 0 Å². The van der Waals surface area contributed by atoms with E-state index >= 15 is 0 Å². The van der Waals surface area contributed by atoms with Gasteiger partial charge in [-0.15, -0.1) is 11.8 Å². The van der Waals surface area contributed by atoms with E-state index in [1.165, 1.54) is 11.2 Å². The zero-order chi connectivity index (χ0) is 13.5. The average molecular weight is 327 g/mol. The average Bonchev–Trinajstić information content (AvgIpc) is 2.44. The molecule has 0 N–H and O–H groups in total. The summed E-state index contributed by atoms with van der Waals surface area (Å²) in [5, 5.41) is 0. The van der Waals surface area contributed by atoms with E-state index in [0.29, 0.717) is 4.47 Å². The van der Waals surface area contributed by atoms with Crippen LogP contribution in [0, 0.1) is 0 Å². The number of hydrogen-bond donors (Lipinski definition) is 0. The zero-order valence-electron chi connectivity index (χ0n) is 10.6. The van der Waals surface area contributed by atoms with Gasteiger partial charge in [0, 0.05) is 10.5 Å². The van der Waals surface area contributed by atoms with Crippen LogP contribution in [0.1, 0.15) is 13.8 Å². The Morgan fingerprint density at radius 3 is 2.28 bits per heavy atom. The topological polar surface area (TPSA) is 30.2 Å². The lowest BCUT2D eigenvalue weighted by atomic mass is 10.1. The molecule has 0 radical (unpaired) electrons. The molecule has 0 aliphatic carbocycles. The lowest BCUT2D eigenvalue weighted by molar-refractivity contribution is 0.507. The summed E-state index contributed by atoms with van der Waals surface area (Å²) in [7, 11) is 0. The second kappa shape index (κ2) is 7.44. The minimum absolute atomic E-state index is 0.355. The molecule has 0 unspecified atom stereocenters. The molecule has 1 aromatic carbocycles. The molecule has 0 amide bonds. The molecule has 2 aromatic rings. The number of benzene rings is 1. The van der Waals surface area contributed by atoms with Gasteiger partial charge in [-0.3, -0.25) is 0 Å². The van der Waals surface area contributed by atoms with E-state index in [0.717, 1.165) is 11.1 Å². The fourth-order valence-corrected chi connectivity index (χ4v) is 2.26. The van der Waals surface area contributed by atoms with Crippen LogP contribution in [0.4, 0.5) is 0 Å². The smallest absolute Gasteiger partial charge is 0.350 e. The molecular weight excluding hydrogens is 312 g/mol. The predicted molar refractivity (Wildman–Crippen MR) is 81.2 cm³/mol. The van der Waals surface area contributed by atoms with Crippen LogP contribution in [0.25, 0.3) is 11.1 Å². The minimum atomic E-state index is -0.355. The van der Waals surface area contributed by atoms with Crippen LogP contribution in [0.2, 0.25) is 0 Å². The number of thioether (sulfide) groups is 1. The van der Waals surface area contributed by atoms with Gasteiger partial charge in [-0.05, 0) is 45.9 Å². The molecule has 1 aromatic heterocycles. The Bertz CT molecular complexity index is 546. The zero-order valence-corrected chi connectivity index (χ0v) is 13.0. The summed E-state index contributed by atoms with van der Waals surface area (Å²) in [6.07, 6.45) is 3.44. The first-order valence-electron chi connectivity index (χ1n) is 5.64. The highest BCUT2D eigenvalue weighted by molar-refractivity contribution is 9.10. The Labute approximate surface area is 120 Å². The predicted octanol–water partition coefficient (Wildman–Crippen LogP) is 4.82. The Morgan fingerprint density at radius 2 is 1.72 bits per heavy atom. The van der Waals surface area contributed by atoms with Gasteiger partial charge in [0.05, 0.1) is 6.26 Å². The first kappa shape index (κ1) is 15.1. The first-order chi connectivity index (χ1) is 8.72. The Hall–Kier alpha value is -1.00. The molecule has 1 heterocycles. The van der Waals surface area contributed by atoms with E-state index in [1.54, 1.807) is 17.8 Å². The molecule has 0 aliphatic heterocycles. The summed E-state index contributed by atoms with van der Waals surface area (Å²) in [4.78, 5) is 12.5. The molecule has 4 heteroatoms. The van der Waals surface area contributed by atoms with Gasteiger partial charge in [0.15, 0.2) is 0 Å². The second-order valence-electron chi connectivity index (χ2n) is 3.16. The van der Waals surface area contributed by atoms with Crippen molar-refractivity contribution in [1.82, 2.24) is 0 Å². The lowest BCUT2D eigenvalue weighted by Gasteiger charge is -2.03. The molecule has 0 saturated heterocycles. The van der Waals surface area contributed by atoms with Gasteiger partial charge in [-0.25, -0.2) is 4.79 Å². The quantitative estimate of drug-likeness (QED) is 0.741. The summed E-state index contributed by atoms with van der Waals surface area (Å²) < 4.78 is 5.22. The summed E-state index contributed by atoms with van der Waals surface area (Å²) in [6, 6.07) is 9.82. The standard InChI is InChI=1S/C12H9BrO2S.C2H6/c1-16-9-4-2-8(3-5-9)10-6-7-15-12(14)11(10)13;1-2/h2-7H,1H3;1-2H3. The Kier molecular flexibility index (Phi) is 6.22. The molecule has 18 heavy (non-hydrogen) atoms. The van der Waals surface area contributed by atoms with Crippen LogP contribution in [0.5, 0.6) is 0 Å². The molecular formula is C14H15BrO2S. The van der Waals surface area contributed by atoms with Gasteiger partial charge in [-0.1, -0.05) is 26.0 Å². The van der Waals surface area contributed by atoms with Crippen molar-refractivity contribution in [3.63, 3.8) is 0 Å². The molecule has 96 valence electrons. The van der Waals surface area contributed by atoms with E-state index in [1.807, 2.05) is 44.4 Å². The largest absolute Gasteiger partial charge is 0.430 e. The van der Waals surface area contributed by atoms with Gasteiger partial charge in [0.1, 0.15) is 4.47 Å². The highest BCUT2D eigenvalue weighted by atomic mass is 79.9. The third-order valence-corrected chi connectivity index (χ3v) is 3.72. The van der Waals surface area contributed by atoms with Crippen molar-refractivity contribution in [2.24, 2.45) is 0 Å². The number of halogens is 1. The van der Waals surface area contributed by atoms with E-state index in [2.05, 4.69) is 15.9 Å². The second-order valence-corrected chi connectivity index (χ2v) is 4.84. The van der Waals surface area contributed by atoms with Gasteiger partial charge in [-0.2, -0.15) is 0 Å². The van der Waals surface area contributed by atoms with Crippen molar-refractivity contribution in [3.05, 3.63) is 51.5 Å². The van der Waals surface area contributed by atoms with E-state index in [9.17, 15) is 4.79 Å². The molecule has 0 bridgehead atoms. The van der Waals surface area contributed by atoms with Crippen molar-refractivity contribution < 1.29 is 4.42 Å². The maximum absolute atomic E-state index is 11.3. The number of rotatable bonds is 2. The molecule has 0 atom stereocenters. The molecule has 2 nitrogen and oxygen atoms in total. The third-order valence-electron chi connectivity index (χ3n) is 2.23. The Morgan fingerprint density at radius 1 is 1.11 bits per heavy atom. The summed E-state index contributed by atoms with van der Waals surface area (Å²) in [5.74, 6) is 0. The normalized spacial score (nSPS) is 9.56. The fraction of sp³-hybridized carbons (Fsp3) is 0.214. The van der Waals surface area contributed by atoms with E-state index in [-0.39, 0.29) is 5.63 Å². The molecule has 0 fully saturated rings. The van der Waals surface area contributed by atoms with Crippen molar-refractivity contribution >= 4 is 27.7 Å². The van der Waals surface area contributed by atoms with Crippen molar-refractivity contribution in [2.75, 3.05) is 6.26 Å². The molecule has 2 rings (SSSR count). The summed E-state index contributed by atoms with van der Waals surface area (Å²) >= 11 is 4.93. The SMILES string of the molecule is CC.CSc1ccc(-c2ccoc(=O)c2Br)cc1. The van der Waals surface area contributed by atoms with Gasteiger partial charge in [0.25, 0.3) is 0 Å². The molecule has 0 aliphatic rings. The van der Waals surface area contributed by atoms with Crippen LogP contribution in [0.15, 0.2) is 55.2 Å². The van der Waals surface area contributed by atoms with Crippen LogP contribution < -0.4 is 5.63 Å². The fourth-order valence-electron chi connectivity index (χ4n) is 1.39. The van der Waals surface area contributed by atoms with Crippen molar-refractivity contribution in [2.45, 2.75) is 18.7 Å². The summed E-state index contributed by atoms with van der Waals surface area (Å²) in [6.45, 7) is 4.00. The van der Waals surface area contributed by atoms with Crippen LogP contribution >= 0.6 is 27.7 Å². The van der Waals surface area contributed by atoms with E-state index < -0.39 is 0 Å². The van der Waals surface area contributed by atoms with Crippen LogP contribution in [0.3, 0.4) is 0 Å². The minimum Gasteiger partial charge on any atom is -0.430 e. The highest BCUT2D eigenvalue weighted by Gasteiger charge is 2.07. The number of hydrogen-bond acceptors (Lipinski definition) is 3. The van der Waals surface area contributed by atoms with Crippen molar-refractivity contribution in [1.29, 1.82) is 0 Å².